The van der Waals surface area contributed by atoms with Crippen LogP contribution in [0.5, 0.6) is 0 Å². The minimum absolute atomic E-state index is 0.420. The molecule has 0 spiro atoms. The smallest absolute Gasteiger partial charge is 0.138 e. The van der Waals surface area contributed by atoms with Gasteiger partial charge in [-0.15, -0.1) is 0 Å². The van der Waals surface area contributed by atoms with Crippen LogP contribution in [-0.2, 0) is 4.74 Å². The lowest BCUT2D eigenvalue weighted by Gasteiger charge is -2.24. The Hall–Kier alpha value is 0.0249. The Morgan fingerprint density at radius 3 is 2.40 bits per heavy atom. The molecule has 0 N–H and O–H groups in total. The summed E-state index contributed by atoms with van der Waals surface area (Å²) in [5, 5.41) is 0. The minimum atomic E-state index is 0.420. The Kier molecular flexibility index (Phi) is 3.27. The van der Waals surface area contributed by atoms with Crippen molar-refractivity contribution in [3.8, 4) is 0 Å². The predicted octanol–water partition coefficient (Wildman–Crippen LogP) is 1.31. The predicted molar refractivity (Wildman–Crippen MR) is 46.0 cm³/mol. The summed E-state index contributed by atoms with van der Waals surface area (Å²) in [6, 6.07) is 0.420. The second-order valence-corrected chi connectivity index (χ2v) is 3.44. The van der Waals surface area contributed by atoms with Crippen molar-refractivity contribution in [1.82, 2.24) is 0 Å². The van der Waals surface area contributed by atoms with Crippen LogP contribution in [0.4, 0.5) is 0 Å². The van der Waals surface area contributed by atoms with Crippen molar-refractivity contribution in [2.75, 3.05) is 0 Å². The molecular weight excluding hydrogens is 123 g/mol. The number of rotatable bonds is 2. The second-order valence-electron chi connectivity index (χ2n) is 3.44. The fourth-order valence-corrected chi connectivity index (χ4v) is 1.59. The number of ether oxygens (including phenoxy) is 1. The van der Waals surface area contributed by atoms with E-state index in [1.807, 2.05) is 0 Å². The molecule has 1 aliphatic carbocycles. The fourth-order valence-electron chi connectivity index (χ4n) is 1.59. The van der Waals surface area contributed by atoms with E-state index >= 15 is 0 Å². The van der Waals surface area contributed by atoms with Crippen LogP contribution < -0.4 is 0 Å². The highest BCUT2D eigenvalue weighted by Gasteiger charge is 2.14. The molecule has 0 aromatic carbocycles. The molecule has 0 saturated heterocycles. The molecule has 58 valence electrons. The summed E-state index contributed by atoms with van der Waals surface area (Å²) < 4.78 is 5.69. The molecule has 0 aliphatic heterocycles. The van der Waals surface area contributed by atoms with Gasteiger partial charge in [-0.1, -0.05) is 19.3 Å². The highest BCUT2D eigenvalue weighted by Crippen LogP contribution is 2.20. The van der Waals surface area contributed by atoms with E-state index < -0.39 is 0 Å². The van der Waals surface area contributed by atoms with E-state index in [2.05, 4.69) is 14.8 Å². The Labute approximate surface area is 64.6 Å². The fraction of sp³-hybridized carbons (Fsp3) is 1.00. The molecule has 1 fully saturated rings. The summed E-state index contributed by atoms with van der Waals surface area (Å²) in [5.41, 5.74) is 0. The number of hydrogen-bond acceptors (Lipinski definition) is 1. The Balaban J connectivity index is 2.13. The molecule has 10 heavy (non-hydrogen) atoms. The van der Waals surface area contributed by atoms with E-state index in [0.29, 0.717) is 12.1 Å². The van der Waals surface area contributed by atoms with E-state index in [-0.39, 0.29) is 0 Å². The first-order valence-corrected chi connectivity index (χ1v) is 4.44. The largest absolute Gasteiger partial charge is 0.384 e. The zero-order valence-corrected chi connectivity index (χ0v) is 7.10. The summed E-state index contributed by atoms with van der Waals surface area (Å²) in [5.74, 6) is 0. The lowest BCUT2D eigenvalue weighted by atomic mass is 9.96. The molecule has 0 aromatic rings. The molecule has 0 bridgehead atoms. The maximum atomic E-state index is 5.69. The first kappa shape index (κ1) is 8.12. The zero-order valence-electron chi connectivity index (χ0n) is 7.10. The Morgan fingerprint density at radius 2 is 1.90 bits per heavy atom. The lowest BCUT2D eigenvalue weighted by Crippen LogP contribution is -2.22. The Morgan fingerprint density at radius 1 is 1.30 bits per heavy atom. The van der Waals surface area contributed by atoms with Crippen molar-refractivity contribution in [3.05, 3.63) is 0 Å². The first-order chi connectivity index (χ1) is 4.79. The van der Waals surface area contributed by atoms with Crippen molar-refractivity contribution in [3.63, 3.8) is 0 Å². The van der Waals surface area contributed by atoms with Crippen molar-refractivity contribution in [1.29, 1.82) is 0 Å². The van der Waals surface area contributed by atoms with Gasteiger partial charge in [-0.3, -0.25) is 0 Å². The summed E-state index contributed by atoms with van der Waals surface area (Å²) in [4.78, 5) is 0. The third-order valence-corrected chi connectivity index (χ3v) is 2.02. The monoisotopic (exact) mass is 140 g/mol. The van der Waals surface area contributed by atoms with Gasteiger partial charge in [-0.2, -0.15) is 0 Å². The van der Waals surface area contributed by atoms with Crippen LogP contribution >= 0.6 is 0 Å². The van der Waals surface area contributed by atoms with Crippen molar-refractivity contribution in [2.24, 2.45) is 0 Å². The van der Waals surface area contributed by atoms with Gasteiger partial charge in [0.25, 0.3) is 0 Å². The molecular formula is C8H17BO. The van der Waals surface area contributed by atoms with E-state index in [1.165, 1.54) is 32.1 Å². The topological polar surface area (TPSA) is 9.23 Å². The van der Waals surface area contributed by atoms with Gasteiger partial charge in [-0.05, 0) is 19.8 Å². The van der Waals surface area contributed by atoms with Gasteiger partial charge < -0.3 is 4.74 Å². The maximum Gasteiger partial charge on any atom is 0.138 e. The van der Waals surface area contributed by atoms with Gasteiger partial charge in [0.1, 0.15) is 7.85 Å². The van der Waals surface area contributed by atoms with Crippen LogP contribution in [0.3, 0.4) is 0 Å². The molecule has 1 nitrogen and oxygen atoms in total. The van der Waals surface area contributed by atoms with Crippen molar-refractivity contribution < 1.29 is 4.74 Å². The quantitative estimate of drug-likeness (QED) is 0.525. The third kappa shape index (κ3) is 2.74. The molecule has 1 rings (SSSR count). The summed E-state index contributed by atoms with van der Waals surface area (Å²) in [6.45, 7) is 2.12. The van der Waals surface area contributed by atoms with Gasteiger partial charge in [0.2, 0.25) is 0 Å². The van der Waals surface area contributed by atoms with Crippen LogP contribution in [0, 0.1) is 0 Å². The summed E-state index contributed by atoms with van der Waals surface area (Å²) in [7, 11) is 2.12. The lowest BCUT2D eigenvalue weighted by molar-refractivity contribution is 0.0162. The molecule has 1 saturated carbocycles. The molecule has 1 atom stereocenters. The highest BCUT2D eigenvalue weighted by atomic mass is 16.5. The Bertz CT molecular complexity index is 87.3. The average Bonchev–Trinajstić information content (AvgIpc) is 1.88. The molecule has 1 aliphatic rings. The average molecular weight is 140 g/mol. The molecule has 1 unspecified atom stereocenters. The van der Waals surface area contributed by atoms with Gasteiger partial charge >= 0.3 is 0 Å². The molecule has 0 radical (unpaired) electrons. The SMILES string of the molecule is BC(C)OC1CCCCC1. The van der Waals surface area contributed by atoms with E-state index in [1.54, 1.807) is 0 Å². The van der Waals surface area contributed by atoms with E-state index in [4.69, 9.17) is 4.74 Å². The van der Waals surface area contributed by atoms with Crippen LogP contribution in [0.2, 0.25) is 0 Å². The normalized spacial score (nSPS) is 24.5. The van der Waals surface area contributed by atoms with Crippen LogP contribution in [0.1, 0.15) is 39.0 Å². The van der Waals surface area contributed by atoms with Crippen LogP contribution in [0.25, 0.3) is 0 Å². The highest BCUT2D eigenvalue weighted by molar-refractivity contribution is 6.10. The van der Waals surface area contributed by atoms with Gasteiger partial charge in [0.05, 0.1) is 6.10 Å². The first-order valence-electron chi connectivity index (χ1n) is 4.44. The van der Waals surface area contributed by atoms with Crippen LogP contribution in [-0.4, -0.2) is 20.0 Å². The standard InChI is InChI=1S/C8H17BO/c1-7(9)10-8-5-3-2-4-6-8/h7-8H,2-6,9H2,1H3. The zero-order chi connectivity index (χ0) is 7.40. The minimum Gasteiger partial charge on any atom is -0.384 e. The molecule has 0 amide bonds. The summed E-state index contributed by atoms with van der Waals surface area (Å²) in [6.07, 6.45) is 7.32. The van der Waals surface area contributed by atoms with Gasteiger partial charge in [0, 0.05) is 6.00 Å². The van der Waals surface area contributed by atoms with Crippen molar-refractivity contribution in [2.45, 2.75) is 51.1 Å². The third-order valence-electron chi connectivity index (χ3n) is 2.02. The molecule has 2 heteroatoms. The molecule has 0 heterocycles. The van der Waals surface area contributed by atoms with Gasteiger partial charge in [0.15, 0.2) is 0 Å². The van der Waals surface area contributed by atoms with E-state index in [9.17, 15) is 0 Å². The van der Waals surface area contributed by atoms with Crippen molar-refractivity contribution >= 4 is 7.85 Å². The molecule has 0 aromatic heterocycles. The second kappa shape index (κ2) is 4.02. The number of hydrogen-bond donors (Lipinski definition) is 0. The summed E-state index contributed by atoms with van der Waals surface area (Å²) >= 11 is 0. The van der Waals surface area contributed by atoms with Gasteiger partial charge in [-0.25, -0.2) is 0 Å². The van der Waals surface area contributed by atoms with Crippen LogP contribution in [0.15, 0.2) is 0 Å². The van der Waals surface area contributed by atoms with E-state index in [0.717, 1.165) is 0 Å². The maximum absolute atomic E-state index is 5.69.